The van der Waals surface area contributed by atoms with E-state index in [1.165, 1.54) is 5.39 Å². The number of hydrogen-bond acceptors (Lipinski definition) is 3. The summed E-state index contributed by atoms with van der Waals surface area (Å²) in [5, 5.41) is 5.84. The van der Waals surface area contributed by atoms with Gasteiger partial charge in [-0.1, -0.05) is 72.8 Å². The van der Waals surface area contributed by atoms with Gasteiger partial charge in [0, 0.05) is 45.0 Å². The van der Waals surface area contributed by atoms with Crippen LogP contribution in [-0.4, -0.2) is 5.78 Å². The van der Waals surface area contributed by atoms with Gasteiger partial charge in [-0.3, -0.25) is 4.79 Å². The molecule has 0 saturated carbocycles. The summed E-state index contributed by atoms with van der Waals surface area (Å²) in [6.07, 6.45) is 0. The van der Waals surface area contributed by atoms with Crippen LogP contribution in [0.5, 0.6) is 0 Å². The number of rotatable bonds is 7. The minimum Gasteiger partial charge on any atom is -0.355 e. The first-order chi connectivity index (χ1) is 18.8. The third-order valence-corrected chi connectivity index (χ3v) is 6.63. The summed E-state index contributed by atoms with van der Waals surface area (Å²) in [6.45, 7) is 0. The first kappa shape index (κ1) is 23.3. The number of carbonyl (C=O) groups excluding carboxylic acids is 1. The Kier molecular flexibility index (Phi) is 6.40. The maximum Gasteiger partial charge on any atom is 0.193 e. The monoisotopic (exact) mass is 490 g/mol. The van der Waals surface area contributed by atoms with Crippen LogP contribution in [0.4, 0.5) is 28.4 Å². The molecule has 182 valence electrons. The van der Waals surface area contributed by atoms with E-state index in [9.17, 15) is 4.79 Å². The van der Waals surface area contributed by atoms with Gasteiger partial charge in [-0.25, -0.2) is 0 Å². The Hall–Kier alpha value is -5.15. The zero-order chi connectivity index (χ0) is 25.7. The van der Waals surface area contributed by atoms with E-state index >= 15 is 0 Å². The van der Waals surface area contributed by atoms with Crippen LogP contribution in [0.15, 0.2) is 152 Å². The average Bonchev–Trinajstić information content (AvgIpc) is 2.99. The van der Waals surface area contributed by atoms with Crippen LogP contribution in [-0.2, 0) is 0 Å². The standard InChI is InChI=1S/C35H26N2O/c38-35(27-18-22-29(23-19-27)36-34-17-9-11-26-10-7-8-16-33(26)34)28-20-24-32(25-21-28)37(30-12-3-1-4-13-30)31-14-5-2-6-15-31/h1-25,36H. The number of hydrogen-bond donors (Lipinski definition) is 1. The summed E-state index contributed by atoms with van der Waals surface area (Å²) in [4.78, 5) is 15.5. The molecule has 0 aliphatic rings. The van der Waals surface area contributed by atoms with E-state index in [1.807, 2.05) is 103 Å². The van der Waals surface area contributed by atoms with Crippen molar-refractivity contribution in [2.45, 2.75) is 0 Å². The molecule has 0 fully saturated rings. The highest BCUT2D eigenvalue weighted by Crippen LogP contribution is 2.34. The Morgan fingerprint density at radius 2 is 0.974 bits per heavy atom. The lowest BCUT2D eigenvalue weighted by Gasteiger charge is -2.25. The fourth-order valence-electron chi connectivity index (χ4n) is 4.72. The van der Waals surface area contributed by atoms with E-state index in [0.717, 1.165) is 33.8 Å². The maximum absolute atomic E-state index is 13.3. The molecule has 6 rings (SSSR count). The van der Waals surface area contributed by atoms with E-state index in [0.29, 0.717) is 11.1 Å². The van der Waals surface area contributed by atoms with Gasteiger partial charge in [-0.05, 0) is 84.2 Å². The first-order valence-corrected chi connectivity index (χ1v) is 12.7. The molecule has 38 heavy (non-hydrogen) atoms. The second-order valence-electron chi connectivity index (χ2n) is 9.11. The summed E-state index contributed by atoms with van der Waals surface area (Å²) < 4.78 is 0. The van der Waals surface area contributed by atoms with Crippen LogP contribution < -0.4 is 10.2 Å². The van der Waals surface area contributed by atoms with Crippen molar-refractivity contribution in [1.29, 1.82) is 0 Å². The van der Waals surface area contributed by atoms with Crippen molar-refractivity contribution in [3.8, 4) is 0 Å². The SMILES string of the molecule is O=C(c1ccc(Nc2cccc3ccccc23)cc1)c1ccc(N(c2ccccc2)c2ccccc2)cc1. The topological polar surface area (TPSA) is 32.3 Å². The van der Waals surface area contributed by atoms with E-state index in [-0.39, 0.29) is 5.78 Å². The van der Waals surface area contributed by atoms with Crippen LogP contribution in [0.25, 0.3) is 10.8 Å². The van der Waals surface area contributed by atoms with Gasteiger partial charge in [-0.15, -0.1) is 0 Å². The van der Waals surface area contributed by atoms with Gasteiger partial charge in [-0.2, -0.15) is 0 Å². The lowest BCUT2D eigenvalue weighted by Crippen LogP contribution is -2.10. The average molecular weight is 491 g/mol. The molecule has 6 aromatic carbocycles. The van der Waals surface area contributed by atoms with Gasteiger partial charge in [0.1, 0.15) is 0 Å². The minimum absolute atomic E-state index is 0.000710. The van der Waals surface area contributed by atoms with Crippen molar-refractivity contribution in [3.63, 3.8) is 0 Å². The summed E-state index contributed by atoms with van der Waals surface area (Å²) in [7, 11) is 0. The van der Waals surface area contributed by atoms with Crippen LogP contribution >= 0.6 is 0 Å². The summed E-state index contributed by atoms with van der Waals surface area (Å²) in [5.74, 6) is -0.000710. The number of benzene rings is 6. The Bertz CT molecular complexity index is 1630. The second kappa shape index (κ2) is 10.5. The molecular weight excluding hydrogens is 464 g/mol. The number of fused-ring (bicyclic) bond motifs is 1. The van der Waals surface area contributed by atoms with E-state index in [4.69, 9.17) is 0 Å². The van der Waals surface area contributed by atoms with Gasteiger partial charge in [0.25, 0.3) is 0 Å². The lowest BCUT2D eigenvalue weighted by atomic mass is 10.0. The molecule has 6 aromatic rings. The predicted octanol–water partition coefficient (Wildman–Crippen LogP) is 9.28. The molecule has 0 saturated heterocycles. The fraction of sp³-hybridized carbons (Fsp3) is 0. The first-order valence-electron chi connectivity index (χ1n) is 12.7. The van der Waals surface area contributed by atoms with Crippen LogP contribution in [0, 0.1) is 0 Å². The number of nitrogens with one attached hydrogen (secondary N) is 1. The van der Waals surface area contributed by atoms with Crippen molar-refractivity contribution in [1.82, 2.24) is 0 Å². The third kappa shape index (κ3) is 4.78. The fourth-order valence-corrected chi connectivity index (χ4v) is 4.72. The van der Waals surface area contributed by atoms with Crippen LogP contribution in [0.2, 0.25) is 0 Å². The van der Waals surface area contributed by atoms with Crippen LogP contribution in [0.3, 0.4) is 0 Å². The van der Waals surface area contributed by atoms with Crippen molar-refractivity contribution >= 4 is 45.0 Å². The molecule has 0 spiro atoms. The number of ketones is 1. The van der Waals surface area contributed by atoms with E-state index in [1.54, 1.807) is 0 Å². The molecular formula is C35H26N2O. The summed E-state index contributed by atoms with van der Waals surface area (Å²) >= 11 is 0. The van der Waals surface area contributed by atoms with E-state index < -0.39 is 0 Å². The number of anilines is 5. The van der Waals surface area contributed by atoms with Gasteiger partial charge in [0.2, 0.25) is 0 Å². The number of carbonyl (C=O) groups is 1. The highest BCUT2D eigenvalue weighted by molar-refractivity contribution is 6.09. The van der Waals surface area contributed by atoms with Gasteiger partial charge >= 0.3 is 0 Å². The van der Waals surface area contributed by atoms with Crippen molar-refractivity contribution in [2.75, 3.05) is 10.2 Å². The Balaban J connectivity index is 1.22. The van der Waals surface area contributed by atoms with Gasteiger partial charge in [0.05, 0.1) is 0 Å². The molecule has 3 nitrogen and oxygen atoms in total. The van der Waals surface area contributed by atoms with Crippen molar-refractivity contribution in [2.24, 2.45) is 0 Å². The highest BCUT2D eigenvalue weighted by Gasteiger charge is 2.14. The molecule has 0 bridgehead atoms. The van der Waals surface area contributed by atoms with Gasteiger partial charge < -0.3 is 10.2 Å². The Morgan fingerprint density at radius 3 is 1.61 bits per heavy atom. The molecule has 0 amide bonds. The molecule has 0 unspecified atom stereocenters. The second-order valence-corrected chi connectivity index (χ2v) is 9.11. The van der Waals surface area contributed by atoms with Crippen LogP contribution in [0.1, 0.15) is 15.9 Å². The molecule has 3 heteroatoms. The Labute approximate surface area is 222 Å². The minimum atomic E-state index is -0.000710. The maximum atomic E-state index is 13.3. The molecule has 0 heterocycles. The quantitative estimate of drug-likeness (QED) is 0.226. The highest BCUT2D eigenvalue weighted by atomic mass is 16.1. The summed E-state index contributed by atoms with van der Waals surface area (Å²) in [5.41, 5.74) is 6.41. The molecule has 1 N–H and O–H groups in total. The largest absolute Gasteiger partial charge is 0.355 e. The molecule has 0 radical (unpaired) electrons. The number of para-hydroxylation sites is 2. The van der Waals surface area contributed by atoms with E-state index in [2.05, 4.69) is 58.7 Å². The molecule has 0 aliphatic carbocycles. The molecule has 0 aliphatic heterocycles. The summed E-state index contributed by atoms with van der Waals surface area (Å²) in [6, 6.07) is 50.5. The zero-order valence-corrected chi connectivity index (χ0v) is 20.8. The van der Waals surface area contributed by atoms with Gasteiger partial charge in [0.15, 0.2) is 5.78 Å². The van der Waals surface area contributed by atoms with Crippen molar-refractivity contribution in [3.05, 3.63) is 163 Å². The zero-order valence-electron chi connectivity index (χ0n) is 20.8. The lowest BCUT2D eigenvalue weighted by molar-refractivity contribution is 0.103. The Morgan fingerprint density at radius 1 is 0.474 bits per heavy atom. The third-order valence-electron chi connectivity index (χ3n) is 6.63. The van der Waals surface area contributed by atoms with Crippen molar-refractivity contribution < 1.29 is 4.79 Å². The molecule has 0 atom stereocenters. The molecule has 0 aromatic heterocycles. The number of nitrogens with zero attached hydrogens (tertiary/aromatic N) is 1. The smallest absolute Gasteiger partial charge is 0.193 e. The predicted molar refractivity (Wildman–Crippen MR) is 158 cm³/mol. The normalized spacial score (nSPS) is 10.7.